The summed E-state index contributed by atoms with van der Waals surface area (Å²) in [5.41, 5.74) is 8.48. The highest BCUT2D eigenvalue weighted by Crippen LogP contribution is 2.47. The van der Waals surface area contributed by atoms with Crippen LogP contribution in [0.4, 0.5) is 5.95 Å². The predicted molar refractivity (Wildman–Crippen MR) is 109 cm³/mol. The number of rotatable bonds is 2. The van der Waals surface area contributed by atoms with Gasteiger partial charge in [-0.1, -0.05) is 11.6 Å². The van der Waals surface area contributed by atoms with Gasteiger partial charge in [-0.05, 0) is 32.6 Å². The Hall–Kier alpha value is -2.39. The normalized spacial score (nSPS) is 26.8. The van der Waals surface area contributed by atoms with Gasteiger partial charge in [-0.15, -0.1) is 0 Å². The minimum absolute atomic E-state index is 0.0696. The largest absolute Gasteiger partial charge is 0.478 e. The number of aliphatic imine (C=N–C) groups is 1. The van der Waals surface area contributed by atoms with Crippen molar-refractivity contribution in [2.75, 3.05) is 18.5 Å². The lowest BCUT2D eigenvalue weighted by Crippen LogP contribution is -2.37. The average molecular weight is 419 g/mol. The van der Waals surface area contributed by atoms with E-state index in [1.165, 1.54) is 0 Å². The van der Waals surface area contributed by atoms with Crippen molar-refractivity contribution in [3.8, 4) is 0 Å². The van der Waals surface area contributed by atoms with Gasteiger partial charge in [0, 0.05) is 18.0 Å². The SMILES string of the molecule is CC(=N[C@H]1CCOC2(CC2)C1)/C1=C(\N)OCCC[n+]2[nH]c(Cl)c3cnc(nc32)N1. The van der Waals surface area contributed by atoms with E-state index in [4.69, 9.17) is 31.8 Å². The lowest BCUT2D eigenvalue weighted by molar-refractivity contribution is -0.728. The highest BCUT2D eigenvalue weighted by atomic mass is 35.5. The minimum atomic E-state index is 0.0696. The van der Waals surface area contributed by atoms with Gasteiger partial charge in [0.1, 0.15) is 17.6 Å². The molecule has 2 bridgehead atoms. The van der Waals surface area contributed by atoms with Gasteiger partial charge in [-0.25, -0.2) is 5.10 Å². The number of hydrogen-bond acceptors (Lipinski definition) is 7. The first-order valence-corrected chi connectivity index (χ1v) is 10.4. The van der Waals surface area contributed by atoms with Crippen LogP contribution in [0.2, 0.25) is 5.15 Å². The van der Waals surface area contributed by atoms with Crippen molar-refractivity contribution in [1.29, 1.82) is 0 Å². The first kappa shape index (κ1) is 18.6. The Bertz CT molecular complexity index is 1010. The number of anilines is 1. The second-order valence-corrected chi connectivity index (χ2v) is 8.35. The molecule has 2 aliphatic heterocycles. The number of aromatic amines is 1. The molecule has 2 fully saturated rings. The van der Waals surface area contributed by atoms with Crippen LogP contribution in [0.1, 0.15) is 39.0 Å². The summed E-state index contributed by atoms with van der Waals surface area (Å²) in [5.74, 6) is 0.724. The maximum absolute atomic E-state index is 6.28. The predicted octanol–water partition coefficient (Wildman–Crippen LogP) is 2.03. The Kier molecular flexibility index (Phi) is 4.59. The standard InChI is InChI=1S/C19H24ClN7O2/c1-11(23-12-3-8-29-19(9-12)4-5-19)14-16(21)28-7-2-6-27-17-13(15(20)26-27)10-22-18(24-14)25-17/h10,12H,2-9H2,1H3,(H3,21,22,23,24,25,26)/p+1/t12-/m0/s1. The number of hydrogen-bond donors (Lipinski definition) is 3. The maximum atomic E-state index is 6.28. The Labute approximate surface area is 173 Å². The molecule has 2 aromatic rings. The van der Waals surface area contributed by atoms with E-state index in [-0.39, 0.29) is 11.6 Å². The van der Waals surface area contributed by atoms with E-state index < -0.39 is 0 Å². The van der Waals surface area contributed by atoms with E-state index >= 15 is 0 Å². The van der Waals surface area contributed by atoms with Crippen molar-refractivity contribution in [1.82, 2.24) is 15.1 Å². The number of allylic oxidation sites excluding steroid dienone is 1. The molecule has 0 amide bonds. The number of nitrogens with two attached hydrogens (primary N) is 1. The molecular weight excluding hydrogens is 394 g/mol. The zero-order chi connectivity index (χ0) is 20.0. The smallest absolute Gasteiger partial charge is 0.358 e. The molecule has 1 saturated heterocycles. The molecule has 4 heterocycles. The first-order chi connectivity index (χ1) is 14.0. The molecule has 4 N–H and O–H groups in total. The van der Waals surface area contributed by atoms with Gasteiger partial charge in [-0.3, -0.25) is 10.3 Å². The molecule has 10 heteroatoms. The van der Waals surface area contributed by atoms with Crippen molar-refractivity contribution in [3.63, 3.8) is 0 Å². The van der Waals surface area contributed by atoms with Crippen molar-refractivity contribution < 1.29 is 14.2 Å². The fourth-order valence-electron chi connectivity index (χ4n) is 4.04. The summed E-state index contributed by atoms with van der Waals surface area (Å²) in [4.78, 5) is 14.0. The van der Waals surface area contributed by atoms with E-state index in [9.17, 15) is 0 Å². The van der Waals surface area contributed by atoms with E-state index in [0.717, 1.165) is 55.5 Å². The van der Waals surface area contributed by atoms with E-state index in [1.807, 2.05) is 11.6 Å². The van der Waals surface area contributed by atoms with Crippen molar-refractivity contribution >= 4 is 34.3 Å². The quantitative estimate of drug-likeness (QED) is 0.508. The van der Waals surface area contributed by atoms with Crippen LogP contribution in [0.5, 0.6) is 0 Å². The molecule has 2 aromatic heterocycles. The molecule has 1 spiro atoms. The van der Waals surface area contributed by atoms with Gasteiger partial charge < -0.3 is 15.2 Å². The molecule has 3 aliphatic rings. The Morgan fingerprint density at radius 1 is 1.41 bits per heavy atom. The van der Waals surface area contributed by atoms with Crippen molar-refractivity contribution in [2.24, 2.45) is 10.7 Å². The van der Waals surface area contributed by atoms with Crippen LogP contribution in [0.3, 0.4) is 0 Å². The van der Waals surface area contributed by atoms with Crippen molar-refractivity contribution in [2.45, 2.75) is 57.2 Å². The summed E-state index contributed by atoms with van der Waals surface area (Å²) in [5, 5.41) is 7.63. The molecule has 5 rings (SSSR count). The molecule has 9 nitrogen and oxygen atoms in total. The fourth-order valence-corrected chi connectivity index (χ4v) is 4.28. The van der Waals surface area contributed by atoms with Crippen LogP contribution >= 0.6 is 11.6 Å². The lowest BCUT2D eigenvalue weighted by Gasteiger charge is -2.27. The number of aryl methyl sites for hydroxylation is 1. The zero-order valence-corrected chi connectivity index (χ0v) is 17.1. The summed E-state index contributed by atoms with van der Waals surface area (Å²) >= 11 is 6.27. The van der Waals surface area contributed by atoms with Gasteiger partial charge in [0.25, 0.3) is 0 Å². The third-order valence-corrected chi connectivity index (χ3v) is 6.06. The Balaban J connectivity index is 1.47. The van der Waals surface area contributed by atoms with Crippen LogP contribution in [0.15, 0.2) is 22.8 Å². The minimum Gasteiger partial charge on any atom is -0.478 e. The number of H-pyrrole nitrogens is 1. The molecular formula is C19H25ClN7O2+. The monoisotopic (exact) mass is 418 g/mol. The van der Waals surface area contributed by atoms with Crippen LogP contribution in [-0.2, 0) is 16.0 Å². The van der Waals surface area contributed by atoms with E-state index in [0.29, 0.717) is 35.8 Å². The zero-order valence-electron chi connectivity index (χ0n) is 16.4. The molecule has 1 saturated carbocycles. The van der Waals surface area contributed by atoms with Gasteiger partial charge in [0.15, 0.2) is 5.15 Å². The van der Waals surface area contributed by atoms with E-state index in [2.05, 4.69) is 20.4 Å². The lowest BCUT2D eigenvalue weighted by atomic mass is 10.0. The van der Waals surface area contributed by atoms with Crippen molar-refractivity contribution in [3.05, 3.63) is 22.9 Å². The summed E-state index contributed by atoms with van der Waals surface area (Å²) in [6, 6.07) is 0.223. The Morgan fingerprint density at radius 3 is 3.10 bits per heavy atom. The first-order valence-electron chi connectivity index (χ1n) is 10.1. The molecule has 154 valence electrons. The number of nitrogens with one attached hydrogen (secondary N) is 2. The van der Waals surface area contributed by atoms with E-state index in [1.54, 1.807) is 6.20 Å². The third-order valence-electron chi connectivity index (χ3n) is 5.77. The fraction of sp³-hybridized carbons (Fsp3) is 0.579. The van der Waals surface area contributed by atoms with Crippen LogP contribution in [0.25, 0.3) is 11.0 Å². The van der Waals surface area contributed by atoms with Crippen LogP contribution < -0.4 is 15.7 Å². The summed E-state index contributed by atoms with van der Waals surface area (Å²) in [7, 11) is 0. The van der Waals surface area contributed by atoms with Crippen LogP contribution in [-0.4, -0.2) is 45.6 Å². The molecule has 29 heavy (non-hydrogen) atoms. The number of halogens is 1. The summed E-state index contributed by atoms with van der Waals surface area (Å²) < 4.78 is 13.6. The Morgan fingerprint density at radius 2 is 2.28 bits per heavy atom. The topological polar surface area (TPSA) is 114 Å². The molecule has 0 unspecified atom stereocenters. The molecule has 1 atom stereocenters. The van der Waals surface area contributed by atoms with Crippen LogP contribution in [0, 0.1) is 0 Å². The highest BCUT2D eigenvalue weighted by Gasteiger charge is 2.47. The third kappa shape index (κ3) is 3.64. The molecule has 0 radical (unpaired) electrons. The van der Waals surface area contributed by atoms with Gasteiger partial charge >= 0.3 is 11.6 Å². The summed E-state index contributed by atoms with van der Waals surface area (Å²) in [6.45, 7) is 3.85. The van der Waals surface area contributed by atoms with Gasteiger partial charge in [0.2, 0.25) is 5.88 Å². The second-order valence-electron chi connectivity index (χ2n) is 7.97. The molecule has 1 aliphatic carbocycles. The van der Waals surface area contributed by atoms with Gasteiger partial charge in [0.05, 0.1) is 30.2 Å². The molecule has 0 aromatic carbocycles. The second kappa shape index (κ2) is 7.14. The number of ether oxygens (including phenoxy) is 2. The highest BCUT2D eigenvalue weighted by molar-refractivity contribution is 6.33. The summed E-state index contributed by atoms with van der Waals surface area (Å²) in [6.07, 6.45) is 6.60. The maximum Gasteiger partial charge on any atom is 0.358 e. The van der Waals surface area contributed by atoms with Gasteiger partial charge in [-0.2, -0.15) is 9.67 Å². The number of fused-ring (bicyclic) bond motifs is 1. The average Bonchev–Trinajstić information content (AvgIpc) is 3.37. The number of nitrogens with zero attached hydrogens (tertiary/aromatic N) is 4. The number of aromatic nitrogens is 4.